The summed E-state index contributed by atoms with van der Waals surface area (Å²) in [5.41, 5.74) is 1.29. The van der Waals surface area contributed by atoms with Crippen LogP contribution in [0.5, 0.6) is 0 Å². The molecular formula is C13H21NO2S. The lowest BCUT2D eigenvalue weighted by Gasteiger charge is -2.09. The van der Waals surface area contributed by atoms with E-state index in [1.54, 1.807) is 0 Å². The third-order valence-electron chi connectivity index (χ3n) is 2.42. The molecule has 0 radical (unpaired) electrons. The van der Waals surface area contributed by atoms with Gasteiger partial charge in [0.2, 0.25) is 0 Å². The van der Waals surface area contributed by atoms with Gasteiger partial charge >= 0.3 is 0 Å². The molecule has 3 nitrogen and oxygen atoms in total. The summed E-state index contributed by atoms with van der Waals surface area (Å²) >= 11 is 1.84. The molecule has 1 unspecified atom stereocenters. The number of benzene rings is 1. The number of hydrogen-bond acceptors (Lipinski definition) is 4. The molecule has 3 N–H and O–H groups in total. The SMILES string of the molecule is CCSc1ccc(CCNCC(O)CO)cc1. The minimum absolute atomic E-state index is 0.185. The molecule has 1 aromatic carbocycles. The Balaban J connectivity index is 2.23. The van der Waals surface area contributed by atoms with Crippen LogP contribution in [0.25, 0.3) is 0 Å². The van der Waals surface area contributed by atoms with Crippen molar-refractivity contribution in [3.05, 3.63) is 29.8 Å². The fourth-order valence-electron chi connectivity index (χ4n) is 1.48. The van der Waals surface area contributed by atoms with Crippen molar-refractivity contribution in [3.63, 3.8) is 0 Å². The van der Waals surface area contributed by atoms with Gasteiger partial charge in [-0.2, -0.15) is 0 Å². The molecule has 96 valence electrons. The van der Waals surface area contributed by atoms with E-state index in [-0.39, 0.29) is 6.61 Å². The third kappa shape index (κ3) is 6.07. The summed E-state index contributed by atoms with van der Waals surface area (Å²) in [7, 11) is 0. The van der Waals surface area contributed by atoms with Gasteiger partial charge in [0, 0.05) is 11.4 Å². The van der Waals surface area contributed by atoms with E-state index >= 15 is 0 Å². The van der Waals surface area contributed by atoms with Crippen molar-refractivity contribution in [2.75, 3.05) is 25.4 Å². The molecule has 1 atom stereocenters. The number of hydrogen-bond donors (Lipinski definition) is 3. The van der Waals surface area contributed by atoms with Gasteiger partial charge in [-0.3, -0.25) is 0 Å². The van der Waals surface area contributed by atoms with Gasteiger partial charge in [0.15, 0.2) is 0 Å². The van der Waals surface area contributed by atoms with E-state index in [0.29, 0.717) is 6.54 Å². The second-order valence-electron chi connectivity index (χ2n) is 3.87. The molecule has 0 aliphatic carbocycles. The Labute approximate surface area is 107 Å². The number of rotatable bonds is 8. The van der Waals surface area contributed by atoms with Gasteiger partial charge in [-0.15, -0.1) is 11.8 Å². The summed E-state index contributed by atoms with van der Waals surface area (Å²) in [5, 5.41) is 20.9. The molecule has 1 aromatic rings. The first-order valence-corrected chi connectivity index (χ1v) is 6.96. The lowest BCUT2D eigenvalue weighted by Crippen LogP contribution is -2.30. The predicted molar refractivity (Wildman–Crippen MR) is 72.5 cm³/mol. The third-order valence-corrected chi connectivity index (χ3v) is 3.31. The first-order valence-electron chi connectivity index (χ1n) is 5.97. The van der Waals surface area contributed by atoms with Crippen LogP contribution in [0, 0.1) is 0 Å². The van der Waals surface area contributed by atoms with Crippen LogP contribution in [0.15, 0.2) is 29.2 Å². The number of aliphatic hydroxyl groups is 2. The lowest BCUT2D eigenvalue weighted by atomic mass is 10.1. The van der Waals surface area contributed by atoms with Gasteiger partial charge in [-0.25, -0.2) is 0 Å². The fraction of sp³-hybridized carbons (Fsp3) is 0.538. The highest BCUT2D eigenvalue weighted by Crippen LogP contribution is 2.17. The Morgan fingerprint density at radius 1 is 1.29 bits per heavy atom. The average Bonchev–Trinajstić information content (AvgIpc) is 2.36. The Bertz CT molecular complexity index is 303. The Morgan fingerprint density at radius 3 is 2.59 bits per heavy atom. The molecule has 0 aliphatic rings. The van der Waals surface area contributed by atoms with Crippen molar-refractivity contribution in [2.24, 2.45) is 0 Å². The first-order chi connectivity index (χ1) is 8.26. The molecule has 17 heavy (non-hydrogen) atoms. The molecular weight excluding hydrogens is 234 g/mol. The smallest absolute Gasteiger partial charge is 0.0894 e. The normalized spacial score (nSPS) is 12.6. The maximum atomic E-state index is 9.14. The van der Waals surface area contributed by atoms with Crippen LogP contribution in [-0.4, -0.2) is 41.8 Å². The predicted octanol–water partition coefficient (Wildman–Crippen LogP) is 1.28. The summed E-state index contributed by atoms with van der Waals surface area (Å²) in [6, 6.07) is 8.57. The monoisotopic (exact) mass is 255 g/mol. The second kappa shape index (κ2) is 8.53. The number of nitrogens with one attached hydrogen (secondary N) is 1. The standard InChI is InChI=1S/C13H21NO2S/c1-2-17-13-5-3-11(4-6-13)7-8-14-9-12(16)10-15/h3-6,12,14-16H,2,7-10H2,1H3. The highest BCUT2D eigenvalue weighted by Gasteiger charge is 2.00. The van der Waals surface area contributed by atoms with Gasteiger partial charge in [0.25, 0.3) is 0 Å². The molecule has 0 heterocycles. The van der Waals surface area contributed by atoms with Gasteiger partial charge in [0.05, 0.1) is 12.7 Å². The van der Waals surface area contributed by atoms with Crippen LogP contribution >= 0.6 is 11.8 Å². The van der Waals surface area contributed by atoms with E-state index in [1.165, 1.54) is 10.5 Å². The first kappa shape index (κ1) is 14.5. The zero-order chi connectivity index (χ0) is 12.5. The molecule has 1 rings (SSSR count). The van der Waals surface area contributed by atoms with E-state index in [4.69, 9.17) is 10.2 Å². The van der Waals surface area contributed by atoms with Crippen LogP contribution in [0.4, 0.5) is 0 Å². The maximum absolute atomic E-state index is 9.14. The Morgan fingerprint density at radius 2 is 2.00 bits per heavy atom. The number of thioether (sulfide) groups is 1. The summed E-state index contributed by atoms with van der Waals surface area (Å²) in [6.45, 7) is 3.22. The molecule has 0 aromatic heterocycles. The molecule has 0 amide bonds. The minimum atomic E-state index is -0.654. The second-order valence-corrected chi connectivity index (χ2v) is 5.20. The van der Waals surface area contributed by atoms with Crippen LogP contribution in [0.2, 0.25) is 0 Å². The van der Waals surface area contributed by atoms with Crippen molar-refractivity contribution < 1.29 is 10.2 Å². The van der Waals surface area contributed by atoms with Crippen LogP contribution < -0.4 is 5.32 Å². The van der Waals surface area contributed by atoms with Gasteiger partial charge in [0.1, 0.15) is 0 Å². The van der Waals surface area contributed by atoms with E-state index < -0.39 is 6.10 Å². The Kier molecular flexibility index (Phi) is 7.28. The fourth-order valence-corrected chi connectivity index (χ4v) is 2.15. The van der Waals surface area contributed by atoms with Crippen LogP contribution in [0.3, 0.4) is 0 Å². The van der Waals surface area contributed by atoms with E-state index in [1.807, 2.05) is 11.8 Å². The molecule has 0 saturated carbocycles. The zero-order valence-electron chi connectivity index (χ0n) is 10.2. The molecule has 0 aliphatic heterocycles. The largest absolute Gasteiger partial charge is 0.394 e. The summed E-state index contributed by atoms with van der Waals surface area (Å²) < 4.78 is 0. The van der Waals surface area contributed by atoms with Crippen LogP contribution in [-0.2, 0) is 6.42 Å². The number of aliphatic hydroxyl groups excluding tert-OH is 2. The average molecular weight is 255 g/mol. The van der Waals surface area contributed by atoms with Crippen molar-refractivity contribution in [2.45, 2.75) is 24.3 Å². The van der Waals surface area contributed by atoms with Crippen molar-refractivity contribution in [1.29, 1.82) is 0 Å². The van der Waals surface area contributed by atoms with Crippen LogP contribution in [0.1, 0.15) is 12.5 Å². The van der Waals surface area contributed by atoms with E-state index in [2.05, 4.69) is 36.5 Å². The van der Waals surface area contributed by atoms with Crippen molar-refractivity contribution in [1.82, 2.24) is 5.32 Å². The van der Waals surface area contributed by atoms with Gasteiger partial charge in [-0.05, 0) is 36.4 Å². The summed E-state index contributed by atoms with van der Waals surface area (Å²) in [4.78, 5) is 1.31. The topological polar surface area (TPSA) is 52.5 Å². The zero-order valence-corrected chi connectivity index (χ0v) is 11.0. The maximum Gasteiger partial charge on any atom is 0.0894 e. The Hall–Kier alpha value is -0.550. The lowest BCUT2D eigenvalue weighted by molar-refractivity contribution is 0.0947. The molecule has 0 bridgehead atoms. The highest BCUT2D eigenvalue weighted by molar-refractivity contribution is 7.99. The van der Waals surface area contributed by atoms with Crippen molar-refractivity contribution in [3.8, 4) is 0 Å². The minimum Gasteiger partial charge on any atom is -0.394 e. The quantitative estimate of drug-likeness (QED) is 0.484. The van der Waals surface area contributed by atoms with E-state index in [0.717, 1.165) is 18.7 Å². The van der Waals surface area contributed by atoms with E-state index in [9.17, 15) is 0 Å². The molecule has 0 saturated heterocycles. The van der Waals surface area contributed by atoms with Crippen molar-refractivity contribution >= 4 is 11.8 Å². The van der Waals surface area contributed by atoms with Gasteiger partial charge in [-0.1, -0.05) is 19.1 Å². The molecule has 4 heteroatoms. The highest BCUT2D eigenvalue weighted by atomic mass is 32.2. The molecule has 0 fully saturated rings. The van der Waals surface area contributed by atoms with Gasteiger partial charge < -0.3 is 15.5 Å². The molecule has 0 spiro atoms. The summed E-state index contributed by atoms with van der Waals surface area (Å²) in [5.74, 6) is 1.10. The summed E-state index contributed by atoms with van der Waals surface area (Å²) in [6.07, 6.45) is 0.285.